The van der Waals surface area contributed by atoms with E-state index in [-0.39, 0.29) is 5.92 Å². The first-order valence-corrected chi connectivity index (χ1v) is 5.88. The van der Waals surface area contributed by atoms with Crippen LogP contribution in [0.4, 0.5) is 10.1 Å². The predicted octanol–water partition coefficient (Wildman–Crippen LogP) is 2.29. The van der Waals surface area contributed by atoms with Gasteiger partial charge in [0, 0.05) is 12.3 Å². The molecule has 2 aromatic heterocycles. The quantitative estimate of drug-likeness (QED) is 0.885. The van der Waals surface area contributed by atoms with E-state index in [0.29, 0.717) is 16.7 Å². The number of carboxylic acids is 1. The zero-order chi connectivity index (χ0) is 14.0. The molecule has 19 heavy (non-hydrogen) atoms. The van der Waals surface area contributed by atoms with Crippen LogP contribution in [0.25, 0.3) is 11.0 Å². The van der Waals surface area contributed by atoms with Crippen molar-refractivity contribution in [3.05, 3.63) is 30.3 Å². The molecule has 0 bridgehead atoms. The van der Waals surface area contributed by atoms with Gasteiger partial charge in [-0.15, -0.1) is 0 Å². The Labute approximate surface area is 109 Å². The van der Waals surface area contributed by atoms with E-state index in [1.807, 2.05) is 13.8 Å². The average molecular weight is 263 g/mol. The van der Waals surface area contributed by atoms with E-state index in [4.69, 9.17) is 5.11 Å². The van der Waals surface area contributed by atoms with Crippen LogP contribution >= 0.6 is 0 Å². The summed E-state index contributed by atoms with van der Waals surface area (Å²) in [6, 6.07) is 2.15. The van der Waals surface area contributed by atoms with Crippen LogP contribution in [-0.2, 0) is 4.79 Å². The van der Waals surface area contributed by atoms with E-state index in [2.05, 4.69) is 15.3 Å². The zero-order valence-electron chi connectivity index (χ0n) is 10.6. The van der Waals surface area contributed by atoms with E-state index in [1.165, 1.54) is 12.3 Å². The number of anilines is 1. The van der Waals surface area contributed by atoms with Crippen molar-refractivity contribution in [3.8, 4) is 0 Å². The van der Waals surface area contributed by atoms with E-state index in [9.17, 15) is 9.18 Å². The fourth-order valence-corrected chi connectivity index (χ4v) is 1.80. The number of fused-ring (bicyclic) bond motifs is 1. The van der Waals surface area contributed by atoms with E-state index in [1.54, 1.807) is 6.07 Å². The Balaban J connectivity index is 2.42. The van der Waals surface area contributed by atoms with Gasteiger partial charge >= 0.3 is 5.97 Å². The molecule has 0 aliphatic rings. The Morgan fingerprint density at radius 3 is 2.79 bits per heavy atom. The molecule has 2 heterocycles. The second kappa shape index (κ2) is 5.17. The van der Waals surface area contributed by atoms with Crippen LogP contribution in [0.15, 0.2) is 24.5 Å². The predicted molar refractivity (Wildman–Crippen MR) is 69.4 cm³/mol. The summed E-state index contributed by atoms with van der Waals surface area (Å²) in [7, 11) is 0. The third-order valence-electron chi connectivity index (χ3n) is 2.79. The lowest BCUT2D eigenvalue weighted by Crippen LogP contribution is -2.34. The van der Waals surface area contributed by atoms with Crippen LogP contribution in [0.5, 0.6) is 0 Å². The molecule has 0 aliphatic carbocycles. The molecule has 0 saturated heterocycles. The standard InChI is InChI=1S/C13H14FN3O2/c1-7(2)11(13(18)19)17-9-3-4-15-10-5-8(14)6-16-12(9)10/h3-7,11H,1-2H3,(H,15,17)(H,18,19)/t11-/m0/s1. The second-order valence-electron chi connectivity index (χ2n) is 4.58. The Hall–Kier alpha value is -2.24. The third kappa shape index (κ3) is 2.78. The van der Waals surface area contributed by atoms with E-state index >= 15 is 0 Å². The topological polar surface area (TPSA) is 75.1 Å². The molecule has 6 heteroatoms. The number of carboxylic acid groups (broad SMARTS) is 1. The summed E-state index contributed by atoms with van der Waals surface area (Å²) < 4.78 is 13.1. The van der Waals surface area contributed by atoms with Crippen molar-refractivity contribution < 1.29 is 14.3 Å². The first kappa shape index (κ1) is 13.2. The molecule has 5 nitrogen and oxygen atoms in total. The third-order valence-corrected chi connectivity index (χ3v) is 2.79. The second-order valence-corrected chi connectivity index (χ2v) is 4.58. The lowest BCUT2D eigenvalue weighted by molar-refractivity contribution is -0.138. The summed E-state index contributed by atoms with van der Waals surface area (Å²) in [6.07, 6.45) is 2.57. The molecule has 0 aromatic carbocycles. The number of hydrogen-bond donors (Lipinski definition) is 2. The molecule has 0 spiro atoms. The molecule has 100 valence electrons. The number of rotatable bonds is 4. The number of halogens is 1. The van der Waals surface area contributed by atoms with Crippen LogP contribution in [0.2, 0.25) is 0 Å². The molecule has 0 unspecified atom stereocenters. The fourth-order valence-electron chi connectivity index (χ4n) is 1.80. The fraction of sp³-hybridized carbons (Fsp3) is 0.308. The van der Waals surface area contributed by atoms with Crippen LogP contribution in [0.1, 0.15) is 13.8 Å². The Morgan fingerprint density at radius 1 is 1.42 bits per heavy atom. The highest BCUT2D eigenvalue weighted by Crippen LogP contribution is 2.21. The maximum absolute atomic E-state index is 13.1. The Morgan fingerprint density at radius 2 is 2.16 bits per heavy atom. The maximum atomic E-state index is 13.1. The summed E-state index contributed by atoms with van der Waals surface area (Å²) >= 11 is 0. The zero-order valence-corrected chi connectivity index (χ0v) is 10.6. The summed E-state index contributed by atoms with van der Waals surface area (Å²) in [6.45, 7) is 3.62. The van der Waals surface area contributed by atoms with Crippen molar-refractivity contribution in [2.75, 3.05) is 5.32 Å². The molecule has 0 fully saturated rings. The van der Waals surface area contributed by atoms with Gasteiger partial charge in [0.25, 0.3) is 0 Å². The van der Waals surface area contributed by atoms with Crippen LogP contribution in [0.3, 0.4) is 0 Å². The molecule has 0 amide bonds. The highest BCUT2D eigenvalue weighted by molar-refractivity contribution is 5.89. The maximum Gasteiger partial charge on any atom is 0.326 e. The van der Waals surface area contributed by atoms with Gasteiger partial charge in [-0.2, -0.15) is 0 Å². The van der Waals surface area contributed by atoms with Crippen LogP contribution < -0.4 is 5.32 Å². The monoisotopic (exact) mass is 263 g/mol. The molecule has 0 saturated carbocycles. The normalized spacial score (nSPS) is 12.6. The SMILES string of the molecule is CC(C)[C@H](Nc1ccnc2cc(F)cnc12)C(=O)O. The van der Waals surface area contributed by atoms with Gasteiger partial charge in [0.15, 0.2) is 0 Å². The summed E-state index contributed by atoms with van der Waals surface area (Å²) in [4.78, 5) is 19.1. The minimum atomic E-state index is -0.943. The van der Waals surface area contributed by atoms with Crippen molar-refractivity contribution in [3.63, 3.8) is 0 Å². The number of pyridine rings is 2. The minimum Gasteiger partial charge on any atom is -0.480 e. The number of hydrogen-bond acceptors (Lipinski definition) is 4. The molecular formula is C13H14FN3O2. The van der Waals surface area contributed by atoms with Crippen molar-refractivity contribution in [1.29, 1.82) is 0 Å². The van der Waals surface area contributed by atoms with Gasteiger partial charge in [-0.3, -0.25) is 4.98 Å². The summed E-state index contributed by atoms with van der Waals surface area (Å²) in [5.74, 6) is -1.51. The minimum absolute atomic E-state index is 0.0961. The summed E-state index contributed by atoms with van der Waals surface area (Å²) in [5, 5.41) is 12.1. The average Bonchev–Trinajstić information content (AvgIpc) is 2.34. The van der Waals surface area contributed by atoms with Gasteiger partial charge in [0.1, 0.15) is 17.4 Å². The van der Waals surface area contributed by atoms with Gasteiger partial charge in [0.2, 0.25) is 0 Å². The molecule has 2 rings (SSSR count). The molecular weight excluding hydrogens is 249 g/mol. The lowest BCUT2D eigenvalue weighted by atomic mass is 10.0. The molecule has 0 aliphatic heterocycles. The molecule has 0 radical (unpaired) electrons. The summed E-state index contributed by atoms with van der Waals surface area (Å²) in [5.41, 5.74) is 1.37. The molecule has 1 atom stereocenters. The first-order chi connectivity index (χ1) is 8.99. The van der Waals surface area contributed by atoms with Crippen molar-refractivity contribution >= 4 is 22.7 Å². The van der Waals surface area contributed by atoms with Gasteiger partial charge in [-0.1, -0.05) is 13.8 Å². The van der Waals surface area contributed by atoms with Gasteiger partial charge in [-0.25, -0.2) is 14.2 Å². The number of aromatic nitrogens is 2. The smallest absolute Gasteiger partial charge is 0.326 e. The van der Waals surface area contributed by atoms with Crippen molar-refractivity contribution in [2.45, 2.75) is 19.9 Å². The Kier molecular flexibility index (Phi) is 3.59. The van der Waals surface area contributed by atoms with Gasteiger partial charge in [0.05, 0.1) is 17.4 Å². The molecule has 2 aromatic rings. The number of nitrogens with one attached hydrogen (secondary N) is 1. The lowest BCUT2D eigenvalue weighted by Gasteiger charge is -2.19. The molecule has 2 N–H and O–H groups in total. The first-order valence-electron chi connectivity index (χ1n) is 5.88. The van der Waals surface area contributed by atoms with E-state index in [0.717, 1.165) is 6.20 Å². The largest absolute Gasteiger partial charge is 0.480 e. The van der Waals surface area contributed by atoms with Crippen molar-refractivity contribution in [1.82, 2.24) is 9.97 Å². The van der Waals surface area contributed by atoms with Gasteiger partial charge < -0.3 is 10.4 Å². The van der Waals surface area contributed by atoms with E-state index < -0.39 is 17.8 Å². The van der Waals surface area contributed by atoms with Crippen molar-refractivity contribution in [2.24, 2.45) is 5.92 Å². The van der Waals surface area contributed by atoms with Crippen LogP contribution in [-0.4, -0.2) is 27.1 Å². The van der Waals surface area contributed by atoms with Gasteiger partial charge in [-0.05, 0) is 12.0 Å². The number of carbonyl (C=O) groups is 1. The highest BCUT2D eigenvalue weighted by Gasteiger charge is 2.22. The number of nitrogens with zero attached hydrogens (tertiary/aromatic N) is 2. The highest BCUT2D eigenvalue weighted by atomic mass is 19.1. The Bertz CT molecular complexity index is 616. The van der Waals surface area contributed by atoms with Crippen LogP contribution in [0, 0.1) is 11.7 Å². The number of aliphatic carboxylic acids is 1.